The maximum Gasteiger partial charge on any atom is 0.417 e. The Morgan fingerprint density at radius 2 is 1.91 bits per heavy atom. The van der Waals surface area contributed by atoms with Crippen LogP contribution in [-0.2, 0) is 18.3 Å². The van der Waals surface area contributed by atoms with E-state index in [2.05, 4.69) is 5.32 Å². The van der Waals surface area contributed by atoms with Crippen molar-refractivity contribution in [3.05, 3.63) is 65.2 Å². The minimum Gasteiger partial charge on any atom is -0.410 e. The van der Waals surface area contributed by atoms with Gasteiger partial charge in [-0.05, 0) is 87.4 Å². The number of halogens is 3. The highest BCUT2D eigenvalue weighted by Crippen LogP contribution is 2.57. The second-order valence-corrected chi connectivity index (χ2v) is 10.2. The number of nitrogens with one attached hydrogen (secondary N) is 1. The van der Waals surface area contributed by atoms with Gasteiger partial charge in [-0.15, -0.1) is 0 Å². The predicted molar refractivity (Wildman–Crippen MR) is 128 cm³/mol. The number of nitrogens with zero attached hydrogens (tertiary/aromatic N) is 1. The average Bonchev–Trinajstić information content (AvgIpc) is 2.79. The number of carbonyl (C=O) groups is 1. The summed E-state index contributed by atoms with van der Waals surface area (Å²) in [5.41, 5.74) is -0.110. The molecule has 1 fully saturated rings. The summed E-state index contributed by atoms with van der Waals surface area (Å²) in [6, 6.07) is 15.3. The lowest BCUT2D eigenvalue weighted by atomic mass is 9.52. The van der Waals surface area contributed by atoms with Gasteiger partial charge in [0.05, 0.1) is 0 Å². The third-order valence-corrected chi connectivity index (χ3v) is 7.65. The van der Waals surface area contributed by atoms with Crippen molar-refractivity contribution in [2.24, 2.45) is 5.92 Å². The van der Waals surface area contributed by atoms with Crippen LogP contribution in [0.4, 0.5) is 18.0 Å². The number of amides is 1. The third kappa shape index (κ3) is 5.33. The van der Waals surface area contributed by atoms with Gasteiger partial charge < -0.3 is 20.1 Å². The Balaban J connectivity index is 1.62. The Kier molecular flexibility index (Phi) is 7.16. The normalized spacial score (nSPS) is 26.1. The molecule has 2 aromatic rings. The van der Waals surface area contributed by atoms with E-state index in [-0.39, 0.29) is 25.2 Å². The monoisotopic (exact) mass is 490 g/mol. The summed E-state index contributed by atoms with van der Waals surface area (Å²) in [7, 11) is 3.83. The molecule has 190 valence electrons. The zero-order valence-corrected chi connectivity index (χ0v) is 20.2. The number of rotatable bonds is 6. The van der Waals surface area contributed by atoms with Gasteiger partial charge in [0.25, 0.3) is 0 Å². The minimum absolute atomic E-state index is 0.237. The Morgan fingerprint density at radius 3 is 2.60 bits per heavy atom. The van der Waals surface area contributed by atoms with E-state index >= 15 is 0 Å². The van der Waals surface area contributed by atoms with E-state index < -0.39 is 23.3 Å². The van der Waals surface area contributed by atoms with Crippen LogP contribution in [0.15, 0.2) is 48.5 Å². The lowest BCUT2D eigenvalue weighted by molar-refractivity contribution is -0.279. The first-order chi connectivity index (χ1) is 16.5. The Bertz CT molecular complexity index is 1040. The zero-order valence-electron chi connectivity index (χ0n) is 20.2. The van der Waals surface area contributed by atoms with Crippen molar-refractivity contribution in [1.82, 2.24) is 10.2 Å². The molecular formula is C27H33F3N2O3. The maximum atomic E-state index is 13.7. The summed E-state index contributed by atoms with van der Waals surface area (Å²) in [5, 5.41) is 13.2. The van der Waals surface area contributed by atoms with Crippen LogP contribution in [0.5, 0.6) is 5.75 Å². The molecule has 2 aromatic carbocycles. The molecule has 2 N–H and O–H groups in total. The molecule has 0 unspecified atom stereocenters. The number of fused-ring (bicyclic) bond motifs is 3. The number of hydrogen-bond donors (Lipinski definition) is 2. The summed E-state index contributed by atoms with van der Waals surface area (Å²) >= 11 is 0. The van der Waals surface area contributed by atoms with Gasteiger partial charge in [-0.1, -0.05) is 36.4 Å². The lowest BCUT2D eigenvalue weighted by Gasteiger charge is -2.53. The summed E-state index contributed by atoms with van der Waals surface area (Å²) in [6.07, 6.45) is -3.86. The highest BCUT2D eigenvalue weighted by atomic mass is 19.4. The van der Waals surface area contributed by atoms with E-state index in [1.54, 1.807) is 6.07 Å². The van der Waals surface area contributed by atoms with E-state index in [9.17, 15) is 23.1 Å². The number of aryl methyl sites for hydroxylation is 1. The van der Waals surface area contributed by atoms with Gasteiger partial charge in [0, 0.05) is 18.5 Å². The minimum atomic E-state index is -4.65. The van der Waals surface area contributed by atoms with Crippen LogP contribution in [0.2, 0.25) is 0 Å². The molecule has 0 heterocycles. The van der Waals surface area contributed by atoms with Crippen molar-refractivity contribution in [3.63, 3.8) is 0 Å². The van der Waals surface area contributed by atoms with Crippen LogP contribution in [0.3, 0.4) is 0 Å². The van der Waals surface area contributed by atoms with Crippen molar-refractivity contribution in [2.75, 3.05) is 27.2 Å². The second-order valence-electron chi connectivity index (χ2n) is 10.2. The van der Waals surface area contributed by atoms with E-state index in [0.29, 0.717) is 38.1 Å². The molecular weight excluding hydrogens is 457 g/mol. The molecule has 0 bridgehead atoms. The van der Waals surface area contributed by atoms with Crippen molar-refractivity contribution < 1.29 is 27.8 Å². The molecule has 0 spiro atoms. The van der Waals surface area contributed by atoms with Gasteiger partial charge in [-0.2, -0.15) is 13.2 Å². The van der Waals surface area contributed by atoms with Crippen molar-refractivity contribution in [3.8, 4) is 5.75 Å². The van der Waals surface area contributed by atoms with Crippen LogP contribution in [0.1, 0.15) is 42.4 Å². The van der Waals surface area contributed by atoms with Crippen LogP contribution in [-0.4, -0.2) is 55.1 Å². The smallest absolute Gasteiger partial charge is 0.410 e. The highest BCUT2D eigenvalue weighted by Gasteiger charge is 2.61. The van der Waals surface area contributed by atoms with Crippen molar-refractivity contribution >= 4 is 6.09 Å². The first-order valence-electron chi connectivity index (χ1n) is 12.1. The molecule has 0 saturated heterocycles. The molecule has 1 saturated carbocycles. The third-order valence-electron chi connectivity index (χ3n) is 7.65. The molecule has 8 heteroatoms. The standard InChI is InChI=1S/C27H33F3N2O3/c1-32(2)15-14-31-24(33)35-22-10-11-23-20(16-22)8-9-21-18-26(34,27(28,29)30)13-12-25(21,23)17-19-6-4-3-5-7-19/h3-7,10-11,16,21,34H,8-9,12-15,17-18H2,1-2H3,(H,31,33)/t21-,25+,26-/m1/s1. The number of likely N-dealkylation sites (N-methyl/N-ethyl adjacent to an activating group) is 1. The topological polar surface area (TPSA) is 61.8 Å². The summed E-state index contributed by atoms with van der Waals surface area (Å²) in [4.78, 5) is 14.1. The van der Waals surface area contributed by atoms with Gasteiger partial charge >= 0.3 is 12.3 Å². The number of benzene rings is 2. The van der Waals surface area contributed by atoms with Gasteiger partial charge in [-0.25, -0.2) is 4.79 Å². The summed E-state index contributed by atoms with van der Waals surface area (Å²) < 4.78 is 46.7. The van der Waals surface area contributed by atoms with Gasteiger partial charge in [0.15, 0.2) is 5.60 Å². The Labute approximate surface area is 204 Å². The quantitative estimate of drug-likeness (QED) is 0.608. The van der Waals surface area contributed by atoms with Gasteiger partial charge in [-0.3, -0.25) is 0 Å². The molecule has 2 aliphatic carbocycles. The van der Waals surface area contributed by atoms with Crippen LogP contribution < -0.4 is 10.1 Å². The van der Waals surface area contributed by atoms with E-state index in [0.717, 1.165) is 16.7 Å². The Hall–Kier alpha value is -2.58. The first-order valence-corrected chi connectivity index (χ1v) is 12.1. The molecule has 5 nitrogen and oxygen atoms in total. The fourth-order valence-electron chi connectivity index (χ4n) is 5.80. The van der Waals surface area contributed by atoms with Crippen LogP contribution in [0.25, 0.3) is 0 Å². The number of ether oxygens (including phenoxy) is 1. The van der Waals surface area contributed by atoms with Gasteiger partial charge in [0.2, 0.25) is 0 Å². The molecule has 0 aliphatic heterocycles. The SMILES string of the molecule is CN(C)CCNC(=O)Oc1ccc2c(c1)CC[C@@H]1C[C@@](O)(C(F)(F)F)CC[C@@]21Cc1ccccc1. The van der Waals surface area contributed by atoms with Crippen LogP contribution >= 0.6 is 0 Å². The predicted octanol–water partition coefficient (Wildman–Crippen LogP) is 4.86. The lowest BCUT2D eigenvalue weighted by Crippen LogP contribution is -2.56. The fraction of sp³-hybridized carbons (Fsp3) is 0.519. The average molecular weight is 491 g/mol. The fourth-order valence-corrected chi connectivity index (χ4v) is 5.80. The van der Waals surface area contributed by atoms with E-state index in [1.165, 1.54) is 0 Å². The van der Waals surface area contributed by atoms with Gasteiger partial charge in [0.1, 0.15) is 5.75 Å². The highest BCUT2D eigenvalue weighted by molar-refractivity contribution is 5.70. The van der Waals surface area contributed by atoms with E-state index in [1.807, 2.05) is 61.5 Å². The van der Waals surface area contributed by atoms with Crippen molar-refractivity contribution in [1.29, 1.82) is 0 Å². The molecule has 1 amide bonds. The zero-order chi connectivity index (χ0) is 25.3. The molecule has 0 radical (unpaired) electrons. The van der Waals surface area contributed by atoms with E-state index in [4.69, 9.17) is 4.74 Å². The number of aliphatic hydroxyl groups is 1. The summed E-state index contributed by atoms with van der Waals surface area (Å²) in [5.74, 6) is 0.110. The molecule has 35 heavy (non-hydrogen) atoms. The molecule has 0 aromatic heterocycles. The number of alkyl halides is 3. The second kappa shape index (κ2) is 9.82. The van der Waals surface area contributed by atoms with Crippen LogP contribution in [0, 0.1) is 5.92 Å². The number of hydrogen-bond acceptors (Lipinski definition) is 4. The summed E-state index contributed by atoms with van der Waals surface area (Å²) in [6.45, 7) is 1.15. The maximum absolute atomic E-state index is 13.7. The number of carbonyl (C=O) groups excluding carboxylic acids is 1. The molecule has 4 rings (SSSR count). The Morgan fingerprint density at radius 1 is 1.17 bits per heavy atom. The molecule has 2 aliphatic rings. The first kappa shape index (κ1) is 25.5. The molecule has 3 atom stereocenters. The van der Waals surface area contributed by atoms with Crippen molar-refractivity contribution in [2.45, 2.75) is 55.7 Å². The largest absolute Gasteiger partial charge is 0.417 e.